The van der Waals surface area contributed by atoms with Gasteiger partial charge < -0.3 is 20.8 Å². The Morgan fingerprint density at radius 2 is 1.84 bits per heavy atom. The first-order chi connectivity index (χ1) is 17.8. The highest BCUT2D eigenvalue weighted by atomic mass is 32.1. The third-order valence-corrected chi connectivity index (χ3v) is 6.55. The van der Waals surface area contributed by atoms with Gasteiger partial charge in [0, 0.05) is 23.7 Å². The molecule has 4 aromatic rings. The van der Waals surface area contributed by atoms with E-state index in [1.807, 2.05) is 30.7 Å². The molecule has 3 aromatic heterocycles. The highest BCUT2D eigenvalue weighted by Crippen LogP contribution is 2.28. The van der Waals surface area contributed by atoms with Gasteiger partial charge in [-0.25, -0.2) is 9.78 Å². The lowest BCUT2D eigenvalue weighted by molar-refractivity contribution is 0.0696. The van der Waals surface area contributed by atoms with Crippen molar-refractivity contribution in [1.82, 2.24) is 20.0 Å². The number of aliphatic hydroxyl groups is 1. The minimum atomic E-state index is -1.02. The number of amides is 2. The Morgan fingerprint density at radius 1 is 1.08 bits per heavy atom. The van der Waals surface area contributed by atoms with Gasteiger partial charge in [-0.05, 0) is 53.6 Å². The number of pyridine rings is 1. The van der Waals surface area contributed by atoms with Crippen LogP contribution in [0.5, 0.6) is 0 Å². The van der Waals surface area contributed by atoms with Crippen LogP contribution in [-0.4, -0.2) is 50.0 Å². The number of carbonyl (C=O) groups is 3. The van der Waals surface area contributed by atoms with E-state index in [1.165, 1.54) is 23.5 Å². The predicted molar refractivity (Wildman–Crippen MR) is 141 cm³/mol. The summed E-state index contributed by atoms with van der Waals surface area (Å²) < 4.78 is 1.60. The van der Waals surface area contributed by atoms with E-state index in [-0.39, 0.29) is 42.1 Å². The molecule has 0 bridgehead atoms. The van der Waals surface area contributed by atoms with E-state index in [2.05, 4.69) is 10.6 Å². The molecule has 10 heteroatoms. The van der Waals surface area contributed by atoms with Crippen molar-refractivity contribution in [3.63, 3.8) is 0 Å². The number of aromatic carboxylic acids is 1. The summed E-state index contributed by atoms with van der Waals surface area (Å²) in [5, 5.41) is 28.4. The van der Waals surface area contributed by atoms with Gasteiger partial charge in [0.05, 0.1) is 23.8 Å². The topological polar surface area (TPSA) is 133 Å². The minimum absolute atomic E-state index is 0.167. The Morgan fingerprint density at radius 3 is 2.46 bits per heavy atom. The van der Waals surface area contributed by atoms with E-state index in [1.54, 1.807) is 34.9 Å². The van der Waals surface area contributed by atoms with Gasteiger partial charge in [-0.15, -0.1) is 0 Å². The van der Waals surface area contributed by atoms with Crippen LogP contribution in [-0.2, 0) is 6.54 Å². The molecule has 2 amide bonds. The van der Waals surface area contributed by atoms with Crippen molar-refractivity contribution in [3.05, 3.63) is 81.8 Å². The molecule has 0 radical (unpaired) electrons. The van der Waals surface area contributed by atoms with E-state index in [9.17, 15) is 19.5 Å². The van der Waals surface area contributed by atoms with Gasteiger partial charge in [-0.2, -0.15) is 11.3 Å². The van der Waals surface area contributed by atoms with Crippen molar-refractivity contribution in [3.8, 4) is 11.3 Å². The van der Waals surface area contributed by atoms with Gasteiger partial charge >= 0.3 is 5.97 Å². The Labute approximate surface area is 217 Å². The van der Waals surface area contributed by atoms with Gasteiger partial charge in [0.1, 0.15) is 11.4 Å². The average molecular weight is 521 g/mol. The zero-order valence-electron chi connectivity index (χ0n) is 20.5. The van der Waals surface area contributed by atoms with Crippen LogP contribution < -0.4 is 10.6 Å². The maximum atomic E-state index is 13.4. The number of rotatable bonds is 10. The summed E-state index contributed by atoms with van der Waals surface area (Å²) in [6.07, 6.45) is 2.30. The van der Waals surface area contributed by atoms with Crippen molar-refractivity contribution >= 4 is 34.8 Å². The largest absolute Gasteiger partial charge is 0.478 e. The second-order valence-corrected chi connectivity index (χ2v) is 9.88. The van der Waals surface area contributed by atoms with E-state index < -0.39 is 12.0 Å². The first-order valence-corrected chi connectivity index (χ1v) is 12.8. The second kappa shape index (κ2) is 11.4. The van der Waals surface area contributed by atoms with Crippen molar-refractivity contribution < 1.29 is 24.6 Å². The van der Waals surface area contributed by atoms with Crippen LogP contribution >= 0.6 is 11.3 Å². The van der Waals surface area contributed by atoms with Gasteiger partial charge in [0.25, 0.3) is 11.8 Å². The quantitative estimate of drug-likeness (QED) is 0.251. The number of nitrogens with one attached hydrogen (secondary N) is 2. The van der Waals surface area contributed by atoms with Crippen LogP contribution in [0.1, 0.15) is 57.0 Å². The number of hydrogen-bond donors (Lipinski definition) is 4. The van der Waals surface area contributed by atoms with Crippen molar-refractivity contribution in [2.75, 3.05) is 6.61 Å². The molecule has 1 aromatic carbocycles. The molecule has 0 saturated heterocycles. The normalized spacial score (nSPS) is 12.0. The number of hydrogen-bond acceptors (Lipinski definition) is 6. The number of fused-ring (bicyclic) bond motifs is 1. The molecule has 0 aliphatic heterocycles. The number of carboxylic acids is 1. The molecule has 37 heavy (non-hydrogen) atoms. The lowest BCUT2D eigenvalue weighted by Crippen LogP contribution is -2.39. The molecule has 0 saturated carbocycles. The Balaban J connectivity index is 1.66. The van der Waals surface area contributed by atoms with Crippen LogP contribution in [0, 0.1) is 5.92 Å². The first kappa shape index (κ1) is 26.1. The molecule has 4 rings (SSSR count). The maximum Gasteiger partial charge on any atom is 0.335 e. The highest BCUT2D eigenvalue weighted by molar-refractivity contribution is 7.08. The van der Waals surface area contributed by atoms with E-state index in [0.717, 1.165) is 11.1 Å². The number of benzene rings is 1. The summed E-state index contributed by atoms with van der Waals surface area (Å²) in [6, 6.07) is 11.0. The van der Waals surface area contributed by atoms with Gasteiger partial charge in [0.15, 0.2) is 5.65 Å². The van der Waals surface area contributed by atoms with Crippen LogP contribution in [0.2, 0.25) is 0 Å². The number of carbonyl (C=O) groups excluding carboxylic acids is 2. The monoisotopic (exact) mass is 520 g/mol. The van der Waals surface area contributed by atoms with E-state index in [4.69, 9.17) is 10.1 Å². The number of aromatic nitrogens is 2. The van der Waals surface area contributed by atoms with Gasteiger partial charge in [-0.1, -0.05) is 26.0 Å². The molecule has 3 heterocycles. The highest BCUT2D eigenvalue weighted by Gasteiger charge is 2.25. The molecule has 192 valence electrons. The zero-order chi connectivity index (χ0) is 26.5. The molecule has 4 N–H and O–H groups in total. The lowest BCUT2D eigenvalue weighted by Gasteiger charge is -2.18. The fourth-order valence-electron chi connectivity index (χ4n) is 4.11. The van der Waals surface area contributed by atoms with Crippen LogP contribution in [0.25, 0.3) is 16.9 Å². The number of carboxylic acid groups (broad SMARTS) is 1. The minimum Gasteiger partial charge on any atom is -0.478 e. The summed E-state index contributed by atoms with van der Waals surface area (Å²) in [5.74, 6) is -1.50. The van der Waals surface area contributed by atoms with Crippen molar-refractivity contribution in [2.24, 2.45) is 5.92 Å². The zero-order valence-corrected chi connectivity index (χ0v) is 21.3. The number of nitrogens with zero attached hydrogens (tertiary/aromatic N) is 2. The number of aliphatic hydroxyl groups excluding tert-OH is 1. The van der Waals surface area contributed by atoms with Crippen LogP contribution in [0.4, 0.5) is 0 Å². The fourth-order valence-corrected chi connectivity index (χ4v) is 4.75. The lowest BCUT2D eigenvalue weighted by atomic mass is 10.0. The Kier molecular flexibility index (Phi) is 8.00. The SMILES string of the molecule is CC(C)C[C@@H](CO)NC(=O)c1c(-c2ccsc2)nc2c(C(=O)NCc3ccc(C(=O)O)cc3)cccn12. The molecule has 9 nitrogen and oxygen atoms in total. The summed E-state index contributed by atoms with van der Waals surface area (Å²) in [6.45, 7) is 4.05. The summed E-state index contributed by atoms with van der Waals surface area (Å²) in [5.41, 5.74) is 3.03. The third kappa shape index (κ3) is 5.87. The van der Waals surface area contributed by atoms with Crippen LogP contribution in [0.3, 0.4) is 0 Å². The first-order valence-electron chi connectivity index (χ1n) is 11.8. The molecule has 1 atom stereocenters. The summed E-state index contributed by atoms with van der Waals surface area (Å²) in [4.78, 5) is 42.3. The fraction of sp³-hybridized carbons (Fsp3) is 0.259. The molecule has 0 aliphatic rings. The number of imidazole rings is 1. The van der Waals surface area contributed by atoms with Gasteiger partial charge in [0.2, 0.25) is 0 Å². The molecule has 0 fully saturated rings. The Hall–Kier alpha value is -4.02. The summed E-state index contributed by atoms with van der Waals surface area (Å²) in [7, 11) is 0. The summed E-state index contributed by atoms with van der Waals surface area (Å²) >= 11 is 1.47. The predicted octanol–water partition coefficient (Wildman–Crippen LogP) is 3.83. The van der Waals surface area contributed by atoms with Gasteiger partial charge in [-0.3, -0.25) is 14.0 Å². The molecule has 0 unspecified atom stereocenters. The second-order valence-electron chi connectivity index (χ2n) is 9.10. The van der Waals surface area contributed by atoms with E-state index in [0.29, 0.717) is 23.3 Å². The third-order valence-electron chi connectivity index (χ3n) is 5.87. The van der Waals surface area contributed by atoms with E-state index >= 15 is 0 Å². The molecular formula is C27H28N4O5S. The molecular weight excluding hydrogens is 492 g/mol. The smallest absolute Gasteiger partial charge is 0.335 e. The standard InChI is InChI=1S/C27H28N4O5S/c1-16(2)12-20(14-32)29-26(34)23-22(19-9-11-37-15-19)30-24-21(4-3-10-31(23)24)25(33)28-13-17-5-7-18(8-6-17)27(35)36/h3-11,15-16,20,32H,12-14H2,1-2H3,(H,28,33)(H,29,34)(H,35,36)/t20-/m0/s1. The molecule has 0 spiro atoms. The molecule has 0 aliphatic carbocycles. The van der Waals surface area contributed by atoms with Crippen LogP contribution in [0.15, 0.2) is 59.4 Å². The maximum absolute atomic E-state index is 13.4. The van der Waals surface area contributed by atoms with Crippen molar-refractivity contribution in [1.29, 1.82) is 0 Å². The van der Waals surface area contributed by atoms with Crippen molar-refractivity contribution in [2.45, 2.75) is 32.9 Å². The number of thiophene rings is 1. The average Bonchev–Trinajstić information content (AvgIpc) is 3.54. The Bertz CT molecular complexity index is 1410.